The van der Waals surface area contributed by atoms with E-state index < -0.39 is 18.0 Å². The van der Waals surface area contributed by atoms with E-state index in [1.807, 2.05) is 20.9 Å². The number of halogens is 1. The molecule has 7 heteroatoms. The number of aryl methyl sites for hydroxylation is 2. The predicted molar refractivity (Wildman–Crippen MR) is 95.5 cm³/mol. The molecule has 0 bridgehead atoms. The second-order valence-corrected chi connectivity index (χ2v) is 5.96. The van der Waals surface area contributed by atoms with E-state index in [-0.39, 0.29) is 12.4 Å². The Morgan fingerprint density at radius 3 is 2.54 bits per heavy atom. The molecule has 1 atom stereocenters. The van der Waals surface area contributed by atoms with Gasteiger partial charge in [0.05, 0.1) is 5.69 Å². The second kappa shape index (κ2) is 8.42. The fourth-order valence-electron chi connectivity index (χ4n) is 2.38. The molecule has 0 radical (unpaired) electrons. The molecular formula is C19H22FN3O3. The van der Waals surface area contributed by atoms with Gasteiger partial charge in [0.1, 0.15) is 5.82 Å². The fraction of sp³-hybridized carbons (Fsp3) is 0.316. The van der Waals surface area contributed by atoms with Crippen LogP contribution in [-0.4, -0.2) is 27.8 Å². The van der Waals surface area contributed by atoms with Crippen molar-refractivity contribution in [3.05, 3.63) is 58.7 Å². The Labute approximate surface area is 151 Å². The van der Waals surface area contributed by atoms with Crippen LogP contribution in [0, 0.1) is 19.7 Å². The SMILES string of the molecule is Cc1nn(C)c(C)c1/C=C/C(=O)O[C@H](C)C(=O)NCc1ccc(F)cc1. The summed E-state index contributed by atoms with van der Waals surface area (Å²) in [4.78, 5) is 23.9. The first-order valence-electron chi connectivity index (χ1n) is 8.19. The standard InChI is InChI=1S/C19H22FN3O3/c1-12-17(13(2)23(4)22-12)9-10-18(24)26-14(3)19(25)21-11-15-5-7-16(20)8-6-15/h5-10,14H,11H2,1-4H3,(H,21,25)/b10-9+/t14-/m1/s1. The van der Waals surface area contributed by atoms with Crippen LogP contribution in [0.5, 0.6) is 0 Å². The molecule has 1 amide bonds. The molecule has 0 aliphatic rings. The third-order valence-electron chi connectivity index (χ3n) is 3.99. The van der Waals surface area contributed by atoms with E-state index in [0.29, 0.717) is 0 Å². The number of hydrogen-bond donors (Lipinski definition) is 1. The first kappa shape index (κ1) is 19.4. The van der Waals surface area contributed by atoms with Gasteiger partial charge in [-0.1, -0.05) is 12.1 Å². The number of ether oxygens (including phenoxy) is 1. The zero-order chi connectivity index (χ0) is 19.3. The van der Waals surface area contributed by atoms with Crippen LogP contribution in [0.15, 0.2) is 30.3 Å². The predicted octanol–water partition coefficient (Wildman–Crippen LogP) is 2.44. The van der Waals surface area contributed by atoms with Crippen molar-refractivity contribution in [2.45, 2.75) is 33.4 Å². The van der Waals surface area contributed by atoms with Crippen molar-refractivity contribution in [2.24, 2.45) is 7.05 Å². The van der Waals surface area contributed by atoms with Gasteiger partial charge in [-0.3, -0.25) is 9.48 Å². The van der Waals surface area contributed by atoms with Crippen molar-refractivity contribution in [1.82, 2.24) is 15.1 Å². The van der Waals surface area contributed by atoms with Crippen LogP contribution in [0.2, 0.25) is 0 Å². The number of esters is 1. The van der Waals surface area contributed by atoms with Gasteiger partial charge in [-0.2, -0.15) is 5.10 Å². The van der Waals surface area contributed by atoms with E-state index in [0.717, 1.165) is 22.5 Å². The Balaban J connectivity index is 1.86. The van der Waals surface area contributed by atoms with Crippen LogP contribution >= 0.6 is 0 Å². The van der Waals surface area contributed by atoms with Crippen molar-refractivity contribution >= 4 is 18.0 Å². The summed E-state index contributed by atoms with van der Waals surface area (Å²) in [6.45, 7) is 5.47. The molecule has 0 unspecified atom stereocenters. The fourth-order valence-corrected chi connectivity index (χ4v) is 2.38. The smallest absolute Gasteiger partial charge is 0.331 e. The highest BCUT2D eigenvalue weighted by atomic mass is 19.1. The molecule has 2 aromatic rings. The number of nitrogens with zero attached hydrogens (tertiary/aromatic N) is 2. The minimum atomic E-state index is -0.941. The minimum absolute atomic E-state index is 0.227. The van der Waals surface area contributed by atoms with Gasteiger partial charge in [-0.25, -0.2) is 9.18 Å². The third kappa shape index (κ3) is 5.02. The highest BCUT2D eigenvalue weighted by Gasteiger charge is 2.16. The Hall–Kier alpha value is -2.96. The van der Waals surface area contributed by atoms with Gasteiger partial charge in [0.2, 0.25) is 0 Å². The highest BCUT2D eigenvalue weighted by molar-refractivity contribution is 5.90. The summed E-state index contributed by atoms with van der Waals surface area (Å²) in [6.07, 6.45) is 1.97. The second-order valence-electron chi connectivity index (χ2n) is 5.96. The molecule has 1 aromatic carbocycles. The quantitative estimate of drug-likeness (QED) is 0.635. The Bertz CT molecular complexity index is 825. The van der Waals surface area contributed by atoms with Gasteiger partial charge in [0.15, 0.2) is 6.10 Å². The van der Waals surface area contributed by atoms with Crippen LogP contribution in [0.3, 0.4) is 0 Å². The van der Waals surface area contributed by atoms with Gasteiger partial charge < -0.3 is 10.1 Å². The highest BCUT2D eigenvalue weighted by Crippen LogP contribution is 2.13. The molecule has 1 aromatic heterocycles. The van der Waals surface area contributed by atoms with E-state index in [9.17, 15) is 14.0 Å². The maximum Gasteiger partial charge on any atom is 0.331 e. The molecule has 0 fully saturated rings. The lowest BCUT2D eigenvalue weighted by Gasteiger charge is -2.12. The molecule has 1 heterocycles. The molecule has 0 aliphatic carbocycles. The molecular weight excluding hydrogens is 337 g/mol. The van der Waals surface area contributed by atoms with Crippen LogP contribution in [0.1, 0.15) is 29.4 Å². The first-order valence-corrected chi connectivity index (χ1v) is 8.19. The lowest BCUT2D eigenvalue weighted by atomic mass is 10.2. The van der Waals surface area contributed by atoms with Gasteiger partial charge in [-0.05, 0) is 44.5 Å². The number of carbonyl (C=O) groups excluding carboxylic acids is 2. The summed E-state index contributed by atoms with van der Waals surface area (Å²) in [5.74, 6) is -1.38. The maximum atomic E-state index is 12.8. The lowest BCUT2D eigenvalue weighted by molar-refractivity contribution is -0.150. The normalized spacial score (nSPS) is 12.2. The summed E-state index contributed by atoms with van der Waals surface area (Å²) in [5, 5.41) is 6.90. The first-order chi connectivity index (χ1) is 12.3. The lowest BCUT2D eigenvalue weighted by Crippen LogP contribution is -2.35. The summed E-state index contributed by atoms with van der Waals surface area (Å²) in [5.41, 5.74) is 3.33. The Morgan fingerprint density at radius 1 is 1.31 bits per heavy atom. The maximum absolute atomic E-state index is 12.8. The molecule has 0 saturated carbocycles. The molecule has 26 heavy (non-hydrogen) atoms. The number of amides is 1. The van der Waals surface area contributed by atoms with E-state index in [2.05, 4.69) is 10.4 Å². The number of carbonyl (C=O) groups is 2. The van der Waals surface area contributed by atoms with Crippen molar-refractivity contribution < 1.29 is 18.7 Å². The van der Waals surface area contributed by atoms with E-state index in [1.54, 1.807) is 22.9 Å². The number of hydrogen-bond acceptors (Lipinski definition) is 4. The molecule has 0 aliphatic heterocycles. The zero-order valence-corrected chi connectivity index (χ0v) is 15.2. The largest absolute Gasteiger partial charge is 0.449 e. The third-order valence-corrected chi connectivity index (χ3v) is 3.99. The van der Waals surface area contributed by atoms with Crippen LogP contribution in [0.4, 0.5) is 4.39 Å². The molecule has 1 N–H and O–H groups in total. The van der Waals surface area contributed by atoms with Crippen LogP contribution < -0.4 is 5.32 Å². The molecule has 2 rings (SSSR count). The van der Waals surface area contributed by atoms with Crippen molar-refractivity contribution in [1.29, 1.82) is 0 Å². The van der Waals surface area contributed by atoms with E-state index in [1.165, 1.54) is 25.1 Å². The van der Waals surface area contributed by atoms with Crippen molar-refractivity contribution in [2.75, 3.05) is 0 Å². The summed E-state index contributed by atoms with van der Waals surface area (Å²) in [6, 6.07) is 5.79. The van der Waals surface area contributed by atoms with E-state index >= 15 is 0 Å². The van der Waals surface area contributed by atoms with Crippen molar-refractivity contribution in [3.8, 4) is 0 Å². The summed E-state index contributed by atoms with van der Waals surface area (Å²) in [7, 11) is 1.82. The molecule has 0 spiro atoms. The summed E-state index contributed by atoms with van der Waals surface area (Å²) < 4.78 is 19.7. The number of rotatable bonds is 6. The molecule has 6 nitrogen and oxygen atoms in total. The molecule has 0 saturated heterocycles. The average molecular weight is 359 g/mol. The Kier molecular flexibility index (Phi) is 6.27. The van der Waals surface area contributed by atoms with Gasteiger partial charge in [0.25, 0.3) is 5.91 Å². The van der Waals surface area contributed by atoms with E-state index in [4.69, 9.17) is 4.74 Å². The molecule has 138 valence electrons. The van der Waals surface area contributed by atoms with Gasteiger partial charge in [-0.15, -0.1) is 0 Å². The van der Waals surface area contributed by atoms with Crippen molar-refractivity contribution in [3.63, 3.8) is 0 Å². The number of benzene rings is 1. The van der Waals surface area contributed by atoms with Crippen LogP contribution in [-0.2, 0) is 27.9 Å². The topological polar surface area (TPSA) is 73.2 Å². The summed E-state index contributed by atoms with van der Waals surface area (Å²) >= 11 is 0. The monoisotopic (exact) mass is 359 g/mol. The minimum Gasteiger partial charge on any atom is -0.449 e. The number of aromatic nitrogens is 2. The van der Waals surface area contributed by atoms with Gasteiger partial charge >= 0.3 is 5.97 Å². The van der Waals surface area contributed by atoms with Gasteiger partial charge in [0, 0.05) is 30.9 Å². The number of nitrogens with one attached hydrogen (secondary N) is 1. The zero-order valence-electron chi connectivity index (χ0n) is 15.2. The Morgan fingerprint density at radius 2 is 1.96 bits per heavy atom. The average Bonchev–Trinajstić information content (AvgIpc) is 2.84. The van der Waals surface area contributed by atoms with Crippen LogP contribution in [0.25, 0.3) is 6.08 Å².